The standard InChI is InChI=1S/C17H27NO3/c1-16(2,3)18-11-13-8-7-9-14(10-13)21-12-17(4,5)15(19)20-6/h7-10,18H,11-12H2,1-6H3. The fourth-order valence-electron chi connectivity index (χ4n) is 1.71. The summed E-state index contributed by atoms with van der Waals surface area (Å²) in [4.78, 5) is 11.6. The molecule has 1 aromatic rings. The van der Waals surface area contributed by atoms with Gasteiger partial charge >= 0.3 is 5.97 Å². The van der Waals surface area contributed by atoms with Crippen LogP contribution in [0.1, 0.15) is 40.2 Å². The molecular weight excluding hydrogens is 266 g/mol. The van der Waals surface area contributed by atoms with Gasteiger partial charge in [0.05, 0.1) is 12.5 Å². The minimum absolute atomic E-state index is 0.0732. The van der Waals surface area contributed by atoms with Gasteiger partial charge in [0, 0.05) is 12.1 Å². The predicted molar refractivity (Wildman–Crippen MR) is 84.3 cm³/mol. The minimum atomic E-state index is -0.658. The zero-order chi connectivity index (χ0) is 16.1. The van der Waals surface area contributed by atoms with E-state index in [1.54, 1.807) is 0 Å². The summed E-state index contributed by atoms with van der Waals surface area (Å²) in [5, 5.41) is 3.44. The molecule has 21 heavy (non-hydrogen) atoms. The Hall–Kier alpha value is -1.55. The number of ether oxygens (including phenoxy) is 2. The second-order valence-electron chi connectivity index (χ2n) is 6.92. The molecule has 118 valence electrons. The second kappa shape index (κ2) is 6.94. The Balaban J connectivity index is 2.63. The van der Waals surface area contributed by atoms with E-state index in [1.807, 2.05) is 32.0 Å². The van der Waals surface area contributed by atoms with Crippen LogP contribution in [0.15, 0.2) is 24.3 Å². The molecule has 0 aliphatic heterocycles. The number of esters is 1. The van der Waals surface area contributed by atoms with Crippen molar-refractivity contribution in [1.82, 2.24) is 5.32 Å². The highest BCUT2D eigenvalue weighted by Crippen LogP contribution is 2.21. The van der Waals surface area contributed by atoms with E-state index in [1.165, 1.54) is 7.11 Å². The minimum Gasteiger partial charge on any atom is -0.492 e. The molecule has 4 nitrogen and oxygen atoms in total. The summed E-state index contributed by atoms with van der Waals surface area (Å²) in [6.45, 7) is 11.1. The van der Waals surface area contributed by atoms with Crippen LogP contribution in [0, 0.1) is 5.41 Å². The van der Waals surface area contributed by atoms with E-state index in [2.05, 4.69) is 32.2 Å². The molecule has 4 heteroatoms. The van der Waals surface area contributed by atoms with Gasteiger partial charge in [0.25, 0.3) is 0 Å². The van der Waals surface area contributed by atoms with Crippen LogP contribution in [0.25, 0.3) is 0 Å². The van der Waals surface area contributed by atoms with Gasteiger partial charge in [-0.1, -0.05) is 12.1 Å². The van der Waals surface area contributed by atoms with Crippen molar-refractivity contribution in [2.75, 3.05) is 13.7 Å². The number of rotatable bonds is 6. The van der Waals surface area contributed by atoms with E-state index < -0.39 is 5.41 Å². The molecule has 0 aliphatic carbocycles. The third-order valence-electron chi connectivity index (χ3n) is 3.06. The zero-order valence-corrected chi connectivity index (χ0v) is 13.9. The van der Waals surface area contributed by atoms with E-state index in [0.717, 1.165) is 17.9 Å². The summed E-state index contributed by atoms with van der Waals surface area (Å²) in [6.07, 6.45) is 0. The maximum atomic E-state index is 11.6. The average molecular weight is 293 g/mol. The van der Waals surface area contributed by atoms with Crippen LogP contribution in [0.3, 0.4) is 0 Å². The largest absolute Gasteiger partial charge is 0.492 e. The number of nitrogens with one attached hydrogen (secondary N) is 1. The Morgan fingerprint density at radius 2 is 1.86 bits per heavy atom. The maximum absolute atomic E-state index is 11.6. The molecule has 0 bridgehead atoms. The highest BCUT2D eigenvalue weighted by molar-refractivity contribution is 5.75. The number of hydrogen-bond donors (Lipinski definition) is 1. The van der Waals surface area contributed by atoms with Crippen molar-refractivity contribution >= 4 is 5.97 Å². The summed E-state index contributed by atoms with van der Waals surface area (Å²) in [6, 6.07) is 7.90. The summed E-state index contributed by atoms with van der Waals surface area (Å²) in [5.74, 6) is 0.494. The van der Waals surface area contributed by atoms with Gasteiger partial charge in [0.15, 0.2) is 0 Å². The monoisotopic (exact) mass is 293 g/mol. The van der Waals surface area contributed by atoms with E-state index in [9.17, 15) is 4.79 Å². The molecule has 0 amide bonds. The Morgan fingerprint density at radius 1 is 1.19 bits per heavy atom. The van der Waals surface area contributed by atoms with Crippen molar-refractivity contribution in [3.8, 4) is 5.75 Å². The molecule has 0 saturated carbocycles. The predicted octanol–water partition coefficient (Wildman–Crippen LogP) is 3.15. The van der Waals surface area contributed by atoms with E-state index in [0.29, 0.717) is 0 Å². The summed E-state index contributed by atoms with van der Waals surface area (Å²) in [7, 11) is 1.39. The lowest BCUT2D eigenvalue weighted by Gasteiger charge is -2.22. The topological polar surface area (TPSA) is 47.6 Å². The molecule has 0 atom stereocenters. The third kappa shape index (κ3) is 6.17. The lowest BCUT2D eigenvalue weighted by molar-refractivity contribution is -0.152. The van der Waals surface area contributed by atoms with E-state index in [-0.39, 0.29) is 18.1 Å². The number of carbonyl (C=O) groups is 1. The molecule has 0 unspecified atom stereocenters. The first-order valence-electron chi connectivity index (χ1n) is 7.19. The first-order valence-corrected chi connectivity index (χ1v) is 7.19. The van der Waals surface area contributed by atoms with Crippen molar-refractivity contribution < 1.29 is 14.3 Å². The van der Waals surface area contributed by atoms with E-state index in [4.69, 9.17) is 9.47 Å². The fourth-order valence-corrected chi connectivity index (χ4v) is 1.71. The molecule has 1 rings (SSSR count). The Kier molecular flexibility index (Phi) is 5.78. The van der Waals surface area contributed by atoms with Crippen LogP contribution < -0.4 is 10.1 Å². The molecule has 0 aromatic heterocycles. The third-order valence-corrected chi connectivity index (χ3v) is 3.06. The van der Waals surface area contributed by atoms with Crippen molar-refractivity contribution in [3.05, 3.63) is 29.8 Å². The Morgan fingerprint density at radius 3 is 2.43 bits per heavy atom. The van der Waals surface area contributed by atoms with Crippen molar-refractivity contribution in [2.24, 2.45) is 5.41 Å². The van der Waals surface area contributed by atoms with Gasteiger partial charge in [0.1, 0.15) is 12.4 Å². The fraction of sp³-hybridized carbons (Fsp3) is 0.588. The van der Waals surface area contributed by atoms with Gasteiger partial charge in [-0.05, 0) is 52.3 Å². The number of benzene rings is 1. The van der Waals surface area contributed by atoms with Gasteiger partial charge in [-0.15, -0.1) is 0 Å². The Labute approximate surface area is 127 Å². The lowest BCUT2D eigenvalue weighted by Crippen LogP contribution is -2.35. The number of carbonyl (C=O) groups excluding carboxylic acids is 1. The Bertz CT molecular complexity index is 475. The molecule has 1 aromatic carbocycles. The van der Waals surface area contributed by atoms with Gasteiger partial charge < -0.3 is 14.8 Å². The normalized spacial score (nSPS) is 12.1. The van der Waals surface area contributed by atoms with Gasteiger partial charge in [-0.3, -0.25) is 4.79 Å². The molecule has 0 heterocycles. The van der Waals surface area contributed by atoms with Crippen molar-refractivity contribution in [2.45, 2.75) is 46.7 Å². The number of hydrogen-bond acceptors (Lipinski definition) is 4. The van der Waals surface area contributed by atoms with Gasteiger partial charge in [-0.25, -0.2) is 0 Å². The quantitative estimate of drug-likeness (QED) is 0.819. The first-order chi connectivity index (χ1) is 9.64. The average Bonchev–Trinajstić information content (AvgIpc) is 2.42. The summed E-state index contributed by atoms with van der Waals surface area (Å²) < 4.78 is 10.5. The first kappa shape index (κ1) is 17.5. The zero-order valence-electron chi connectivity index (χ0n) is 13.9. The van der Waals surface area contributed by atoms with Crippen molar-refractivity contribution in [3.63, 3.8) is 0 Å². The highest BCUT2D eigenvalue weighted by atomic mass is 16.5. The second-order valence-corrected chi connectivity index (χ2v) is 6.92. The molecule has 1 N–H and O–H groups in total. The molecule has 0 saturated heterocycles. The van der Waals surface area contributed by atoms with Gasteiger partial charge in [-0.2, -0.15) is 0 Å². The van der Waals surface area contributed by atoms with Crippen LogP contribution in [0.4, 0.5) is 0 Å². The van der Waals surface area contributed by atoms with Crippen LogP contribution in [-0.2, 0) is 16.1 Å². The highest BCUT2D eigenvalue weighted by Gasteiger charge is 2.29. The molecule has 0 radical (unpaired) electrons. The van der Waals surface area contributed by atoms with Crippen LogP contribution in [0.5, 0.6) is 5.75 Å². The molecular formula is C17H27NO3. The number of methoxy groups -OCH3 is 1. The molecule has 0 aliphatic rings. The summed E-state index contributed by atoms with van der Waals surface area (Å²) >= 11 is 0. The van der Waals surface area contributed by atoms with Gasteiger partial charge in [0.2, 0.25) is 0 Å². The smallest absolute Gasteiger partial charge is 0.314 e. The SMILES string of the molecule is COC(=O)C(C)(C)COc1cccc(CNC(C)(C)C)c1. The lowest BCUT2D eigenvalue weighted by atomic mass is 9.95. The van der Waals surface area contributed by atoms with Crippen LogP contribution >= 0.6 is 0 Å². The van der Waals surface area contributed by atoms with E-state index >= 15 is 0 Å². The maximum Gasteiger partial charge on any atom is 0.314 e. The van der Waals surface area contributed by atoms with Crippen LogP contribution in [-0.4, -0.2) is 25.2 Å². The molecule has 0 spiro atoms. The van der Waals surface area contributed by atoms with Crippen LogP contribution in [0.2, 0.25) is 0 Å². The molecule has 0 fully saturated rings. The van der Waals surface area contributed by atoms with Crippen molar-refractivity contribution in [1.29, 1.82) is 0 Å². The summed E-state index contributed by atoms with van der Waals surface area (Å²) in [5.41, 5.74) is 0.566.